The average molecular weight is 147 g/mol. The second-order valence-electron chi connectivity index (χ2n) is 2.38. The number of nitrogens with one attached hydrogen (secondary N) is 1. The molecule has 0 saturated heterocycles. The predicted molar refractivity (Wildman–Crippen MR) is 46.2 cm³/mol. The molecule has 0 heterocycles. The Morgan fingerprint density at radius 2 is 1.80 bits per heavy atom. The Bertz CT molecular complexity index is 62.3. The van der Waals surface area contributed by atoms with Crippen molar-refractivity contribution in [3.05, 3.63) is 0 Å². The predicted octanol–water partition coefficient (Wildman–Crippen LogP) is 1.39. The third-order valence-electron chi connectivity index (χ3n) is 1.32. The fraction of sp³-hybridized carbons (Fsp3) is 1.00. The van der Waals surface area contributed by atoms with Crippen LogP contribution in [0.2, 0.25) is 0 Å². The third kappa shape index (κ3) is 7.92. The molecule has 0 aromatic heterocycles. The maximum Gasteiger partial charge on any atom is 0.0740 e. The lowest BCUT2D eigenvalue weighted by atomic mass is 10.0. The molecule has 0 aliphatic carbocycles. The van der Waals surface area contributed by atoms with E-state index in [-0.39, 0.29) is 0 Å². The lowest BCUT2D eigenvalue weighted by molar-refractivity contribution is 0.0579. The summed E-state index contributed by atoms with van der Waals surface area (Å²) >= 11 is 0. The zero-order valence-corrected chi connectivity index (χ0v) is 7.86. The van der Waals surface area contributed by atoms with Gasteiger partial charge in [0.15, 0.2) is 0 Å². The van der Waals surface area contributed by atoms with Crippen molar-refractivity contribution in [1.29, 1.82) is 0 Å². The van der Waals surface area contributed by atoms with Crippen LogP contribution in [-0.2, 0) is 0 Å². The molecule has 2 heteroatoms. The van der Waals surface area contributed by atoms with Gasteiger partial charge in [-0.15, -0.1) is 0 Å². The van der Waals surface area contributed by atoms with Gasteiger partial charge >= 0.3 is 0 Å². The topological polar surface area (TPSA) is 32.3 Å². The van der Waals surface area contributed by atoms with E-state index in [1.165, 1.54) is 0 Å². The molecule has 0 aliphatic heterocycles. The lowest BCUT2D eigenvalue weighted by Gasteiger charge is -2.19. The van der Waals surface area contributed by atoms with Gasteiger partial charge in [0.05, 0.1) is 5.60 Å². The van der Waals surface area contributed by atoms with E-state index < -0.39 is 5.60 Å². The van der Waals surface area contributed by atoms with Crippen molar-refractivity contribution >= 4 is 0 Å². The van der Waals surface area contributed by atoms with E-state index in [1.807, 2.05) is 34.7 Å². The van der Waals surface area contributed by atoms with E-state index in [2.05, 4.69) is 5.32 Å². The summed E-state index contributed by atoms with van der Waals surface area (Å²) < 4.78 is 0. The fourth-order valence-electron chi connectivity index (χ4n) is 0.506. The number of aliphatic hydroxyl groups is 1. The van der Waals surface area contributed by atoms with E-state index in [1.54, 1.807) is 0 Å². The molecule has 0 saturated carbocycles. The molecule has 1 atom stereocenters. The molecule has 0 aromatic carbocycles. The molecule has 10 heavy (non-hydrogen) atoms. The van der Waals surface area contributed by atoms with Crippen molar-refractivity contribution in [1.82, 2.24) is 5.32 Å². The molecule has 0 spiro atoms. The van der Waals surface area contributed by atoms with Gasteiger partial charge < -0.3 is 10.4 Å². The Morgan fingerprint density at radius 1 is 1.40 bits per heavy atom. The van der Waals surface area contributed by atoms with Gasteiger partial charge in [-0.25, -0.2) is 0 Å². The van der Waals surface area contributed by atoms with Crippen molar-refractivity contribution in [3.63, 3.8) is 0 Å². The quantitative estimate of drug-likeness (QED) is 0.632. The Kier molecular flexibility index (Phi) is 8.85. The van der Waals surface area contributed by atoms with Gasteiger partial charge in [0.25, 0.3) is 0 Å². The van der Waals surface area contributed by atoms with Crippen molar-refractivity contribution in [2.24, 2.45) is 0 Å². The first-order valence-corrected chi connectivity index (χ1v) is 3.99. The van der Waals surface area contributed by atoms with Crippen LogP contribution in [0.5, 0.6) is 0 Å². The second-order valence-corrected chi connectivity index (χ2v) is 2.38. The van der Waals surface area contributed by atoms with Crippen molar-refractivity contribution < 1.29 is 5.11 Å². The Morgan fingerprint density at radius 3 is 1.90 bits per heavy atom. The van der Waals surface area contributed by atoms with Gasteiger partial charge in [0.2, 0.25) is 0 Å². The highest BCUT2D eigenvalue weighted by Gasteiger charge is 2.14. The van der Waals surface area contributed by atoms with E-state index in [0.717, 1.165) is 6.42 Å². The molecule has 2 nitrogen and oxygen atoms in total. The summed E-state index contributed by atoms with van der Waals surface area (Å²) in [5, 5.41) is 12.2. The minimum Gasteiger partial charge on any atom is -0.389 e. The van der Waals surface area contributed by atoms with Gasteiger partial charge in [-0.2, -0.15) is 0 Å². The minimum atomic E-state index is -0.519. The molecule has 0 fully saturated rings. The Balaban J connectivity index is 0. The molecule has 0 rings (SSSR count). The maximum atomic E-state index is 9.26. The van der Waals surface area contributed by atoms with E-state index >= 15 is 0 Å². The van der Waals surface area contributed by atoms with Crippen LogP contribution in [0.4, 0.5) is 0 Å². The number of hydrogen-bond donors (Lipinski definition) is 2. The van der Waals surface area contributed by atoms with Crippen LogP contribution in [0, 0.1) is 0 Å². The average Bonchev–Trinajstić information content (AvgIpc) is 1.93. The maximum absolute atomic E-state index is 9.26. The molecule has 2 N–H and O–H groups in total. The van der Waals surface area contributed by atoms with E-state index in [0.29, 0.717) is 6.54 Å². The van der Waals surface area contributed by atoms with Crippen LogP contribution in [0.3, 0.4) is 0 Å². The summed E-state index contributed by atoms with van der Waals surface area (Å²) in [6, 6.07) is 0. The lowest BCUT2D eigenvalue weighted by Crippen LogP contribution is -2.35. The summed E-state index contributed by atoms with van der Waals surface area (Å²) in [6.45, 7) is 8.46. The van der Waals surface area contributed by atoms with Gasteiger partial charge in [-0.1, -0.05) is 20.8 Å². The molecule has 0 bridgehead atoms. The van der Waals surface area contributed by atoms with Gasteiger partial charge in [0, 0.05) is 6.54 Å². The summed E-state index contributed by atoms with van der Waals surface area (Å²) in [7, 11) is 1.84. The zero-order chi connectivity index (χ0) is 8.62. The van der Waals surface area contributed by atoms with Crippen LogP contribution >= 0.6 is 0 Å². The molecule has 0 aliphatic rings. The molecule has 0 unspecified atom stereocenters. The smallest absolute Gasteiger partial charge is 0.0740 e. The standard InChI is InChI=1S/C6H15NO.C2H6/c1-4-6(2,8)5-7-3;1-2/h7-8H,4-5H2,1-3H3;1-2H3/t6-;/m0./s1. The van der Waals surface area contributed by atoms with Crippen LogP contribution in [0.25, 0.3) is 0 Å². The number of hydrogen-bond acceptors (Lipinski definition) is 2. The van der Waals surface area contributed by atoms with Crippen molar-refractivity contribution in [2.75, 3.05) is 13.6 Å². The minimum absolute atomic E-state index is 0.519. The highest BCUT2D eigenvalue weighted by molar-refractivity contribution is 4.71. The summed E-state index contributed by atoms with van der Waals surface area (Å²) in [5.74, 6) is 0. The van der Waals surface area contributed by atoms with Gasteiger partial charge in [0.1, 0.15) is 0 Å². The largest absolute Gasteiger partial charge is 0.389 e. The molecular formula is C8H21NO. The van der Waals surface area contributed by atoms with E-state index in [9.17, 15) is 5.11 Å². The molecular weight excluding hydrogens is 126 g/mol. The van der Waals surface area contributed by atoms with E-state index in [4.69, 9.17) is 0 Å². The van der Waals surface area contributed by atoms with Crippen LogP contribution in [0.15, 0.2) is 0 Å². The van der Waals surface area contributed by atoms with Gasteiger partial charge in [-0.3, -0.25) is 0 Å². The first-order chi connectivity index (χ1) is 4.62. The second kappa shape index (κ2) is 7.03. The van der Waals surface area contributed by atoms with Crippen LogP contribution in [0.1, 0.15) is 34.1 Å². The first kappa shape index (κ1) is 12.6. The number of rotatable bonds is 3. The SMILES string of the molecule is CC.CC[C@](C)(O)CNC. The van der Waals surface area contributed by atoms with Gasteiger partial charge in [-0.05, 0) is 20.4 Å². The summed E-state index contributed by atoms with van der Waals surface area (Å²) in [5.41, 5.74) is -0.519. The third-order valence-corrected chi connectivity index (χ3v) is 1.32. The van der Waals surface area contributed by atoms with Crippen molar-refractivity contribution in [3.8, 4) is 0 Å². The zero-order valence-electron chi connectivity index (χ0n) is 7.86. The highest BCUT2D eigenvalue weighted by Crippen LogP contribution is 2.04. The number of likely N-dealkylation sites (N-methyl/N-ethyl adjacent to an activating group) is 1. The molecule has 64 valence electrons. The Labute approximate surface area is 64.6 Å². The van der Waals surface area contributed by atoms with Crippen LogP contribution < -0.4 is 5.32 Å². The summed E-state index contributed by atoms with van der Waals surface area (Å²) in [6.07, 6.45) is 0.799. The summed E-state index contributed by atoms with van der Waals surface area (Å²) in [4.78, 5) is 0. The molecule has 0 amide bonds. The molecule has 0 radical (unpaired) electrons. The molecule has 0 aromatic rings. The Hall–Kier alpha value is -0.0800. The van der Waals surface area contributed by atoms with Crippen LogP contribution in [-0.4, -0.2) is 24.3 Å². The van der Waals surface area contributed by atoms with Crippen molar-refractivity contribution in [2.45, 2.75) is 39.7 Å². The fourth-order valence-corrected chi connectivity index (χ4v) is 0.506. The highest BCUT2D eigenvalue weighted by atomic mass is 16.3. The monoisotopic (exact) mass is 147 g/mol. The first-order valence-electron chi connectivity index (χ1n) is 3.99. The normalized spacial score (nSPS) is 15.0.